The van der Waals surface area contributed by atoms with Crippen LogP contribution in [0.1, 0.15) is 43.9 Å². The molecule has 0 aliphatic rings. The van der Waals surface area contributed by atoms with E-state index in [4.69, 9.17) is 12.2 Å². The summed E-state index contributed by atoms with van der Waals surface area (Å²) in [5, 5.41) is 5.20. The molecule has 0 spiro atoms. The minimum atomic E-state index is -0.0439. The first-order valence-corrected chi connectivity index (χ1v) is 12.9. The number of H-pyrrole nitrogens is 1. The fraction of sp³-hybridized carbons (Fsp3) is 0.429. The number of aryl methyl sites for hydroxylation is 1. The highest BCUT2D eigenvalue weighted by atomic mass is 32.1. The van der Waals surface area contributed by atoms with E-state index in [2.05, 4.69) is 77.3 Å². The minimum Gasteiger partial charge on any atom is -0.362 e. The van der Waals surface area contributed by atoms with Gasteiger partial charge in [0, 0.05) is 24.2 Å². The predicted octanol–water partition coefficient (Wildman–Crippen LogP) is 4.74. The maximum Gasteiger partial charge on any atom is 0.253 e. The van der Waals surface area contributed by atoms with E-state index < -0.39 is 0 Å². The van der Waals surface area contributed by atoms with Gasteiger partial charge in [-0.15, -0.1) is 0 Å². The van der Waals surface area contributed by atoms with Crippen LogP contribution in [-0.2, 0) is 19.4 Å². The van der Waals surface area contributed by atoms with Crippen LogP contribution >= 0.6 is 12.2 Å². The Morgan fingerprint density at radius 3 is 2.44 bits per heavy atom. The van der Waals surface area contributed by atoms with Crippen molar-refractivity contribution in [3.05, 3.63) is 81.6 Å². The summed E-state index contributed by atoms with van der Waals surface area (Å²) in [6.07, 6.45) is 2.87. The number of thiocarbonyl (C=S) groups is 1. The first-order valence-electron chi connectivity index (χ1n) is 12.5. The summed E-state index contributed by atoms with van der Waals surface area (Å²) in [5.41, 5.74) is 4.12. The molecular weight excluding hydrogens is 440 g/mol. The third-order valence-electron chi connectivity index (χ3n) is 6.37. The number of rotatable bonds is 12. The van der Waals surface area contributed by atoms with Crippen LogP contribution in [0.15, 0.2) is 59.4 Å². The quantitative estimate of drug-likeness (QED) is 0.368. The van der Waals surface area contributed by atoms with Gasteiger partial charge in [0.1, 0.15) is 0 Å². The molecule has 0 saturated heterocycles. The monoisotopic (exact) mass is 478 g/mol. The zero-order valence-electron chi connectivity index (χ0n) is 20.8. The molecule has 0 radical (unpaired) electrons. The van der Waals surface area contributed by atoms with E-state index in [1.54, 1.807) is 0 Å². The van der Waals surface area contributed by atoms with Crippen LogP contribution in [0.3, 0.4) is 0 Å². The number of nitrogens with one attached hydrogen (secondary N) is 2. The van der Waals surface area contributed by atoms with Crippen molar-refractivity contribution in [2.24, 2.45) is 0 Å². The van der Waals surface area contributed by atoms with E-state index in [0.29, 0.717) is 11.7 Å². The average molecular weight is 479 g/mol. The van der Waals surface area contributed by atoms with Crippen molar-refractivity contribution in [2.75, 3.05) is 32.7 Å². The molecule has 3 rings (SSSR count). The normalized spacial score (nSPS) is 11.2. The molecule has 2 aromatic carbocycles. The molecule has 1 aromatic heterocycles. The van der Waals surface area contributed by atoms with Crippen molar-refractivity contribution in [2.45, 2.75) is 46.6 Å². The van der Waals surface area contributed by atoms with Gasteiger partial charge in [0.2, 0.25) is 0 Å². The van der Waals surface area contributed by atoms with E-state index in [0.717, 1.165) is 68.5 Å². The largest absolute Gasteiger partial charge is 0.362 e. The lowest BCUT2D eigenvalue weighted by atomic mass is 10.1. The van der Waals surface area contributed by atoms with Crippen LogP contribution in [0.2, 0.25) is 0 Å². The van der Waals surface area contributed by atoms with Gasteiger partial charge in [0.15, 0.2) is 5.11 Å². The van der Waals surface area contributed by atoms with Gasteiger partial charge in [-0.1, -0.05) is 57.2 Å². The first kappa shape index (κ1) is 25.9. The smallest absolute Gasteiger partial charge is 0.253 e. The lowest BCUT2D eigenvalue weighted by Gasteiger charge is -2.27. The molecule has 3 aromatic rings. The molecule has 0 aliphatic carbocycles. The van der Waals surface area contributed by atoms with E-state index in [9.17, 15) is 4.79 Å². The lowest BCUT2D eigenvalue weighted by Crippen LogP contribution is -2.42. The van der Waals surface area contributed by atoms with Crippen molar-refractivity contribution in [1.82, 2.24) is 20.1 Å². The maximum absolute atomic E-state index is 12.9. The summed E-state index contributed by atoms with van der Waals surface area (Å²) in [4.78, 5) is 20.5. The molecule has 34 heavy (non-hydrogen) atoms. The average Bonchev–Trinajstić information content (AvgIpc) is 2.86. The van der Waals surface area contributed by atoms with E-state index >= 15 is 0 Å². The summed E-state index contributed by atoms with van der Waals surface area (Å²) >= 11 is 5.79. The second-order valence-electron chi connectivity index (χ2n) is 8.67. The molecule has 0 fully saturated rings. The lowest BCUT2D eigenvalue weighted by molar-refractivity contribution is 0.279. The van der Waals surface area contributed by atoms with Crippen LogP contribution < -0.4 is 10.9 Å². The van der Waals surface area contributed by atoms with Crippen molar-refractivity contribution in [3.63, 3.8) is 0 Å². The highest BCUT2D eigenvalue weighted by Gasteiger charge is 2.14. The summed E-state index contributed by atoms with van der Waals surface area (Å²) in [5.74, 6) is 0. The topological polar surface area (TPSA) is 51.4 Å². The maximum atomic E-state index is 12.9. The Morgan fingerprint density at radius 2 is 1.74 bits per heavy atom. The van der Waals surface area contributed by atoms with Crippen LogP contribution in [0.5, 0.6) is 0 Å². The Bertz CT molecular complexity index is 1110. The number of benzene rings is 2. The number of aromatic nitrogens is 1. The van der Waals surface area contributed by atoms with Gasteiger partial charge in [-0.05, 0) is 85.8 Å². The van der Waals surface area contributed by atoms with Crippen LogP contribution in [0, 0.1) is 0 Å². The van der Waals surface area contributed by atoms with E-state index in [1.807, 2.05) is 18.2 Å². The Kier molecular flexibility index (Phi) is 10.1. The van der Waals surface area contributed by atoms with Gasteiger partial charge >= 0.3 is 0 Å². The van der Waals surface area contributed by atoms with Gasteiger partial charge < -0.3 is 20.1 Å². The van der Waals surface area contributed by atoms with E-state index in [1.165, 1.54) is 11.1 Å². The first-order chi connectivity index (χ1) is 16.5. The molecular formula is C28H38N4OS. The van der Waals surface area contributed by atoms with Crippen molar-refractivity contribution < 1.29 is 0 Å². The molecule has 6 heteroatoms. The second-order valence-corrected chi connectivity index (χ2v) is 9.06. The van der Waals surface area contributed by atoms with Crippen molar-refractivity contribution in [3.8, 4) is 0 Å². The van der Waals surface area contributed by atoms with Gasteiger partial charge in [-0.3, -0.25) is 4.79 Å². The second kappa shape index (κ2) is 13.3. The third kappa shape index (κ3) is 7.40. The molecule has 182 valence electrons. The molecule has 5 nitrogen and oxygen atoms in total. The number of pyridine rings is 1. The summed E-state index contributed by atoms with van der Waals surface area (Å²) in [6.45, 7) is 11.7. The number of aromatic amines is 1. The third-order valence-corrected chi connectivity index (χ3v) is 6.77. The number of nitrogens with zero attached hydrogens (tertiary/aromatic N) is 2. The molecule has 1 heterocycles. The number of fused-ring (bicyclic) bond motifs is 1. The SMILES string of the molecule is CCc1ccc2[nH]c(=O)c(CN(CCCN(CC)CC)C(=S)NCCc3ccccc3)cc2c1. The van der Waals surface area contributed by atoms with Crippen LogP contribution in [0.25, 0.3) is 10.9 Å². The molecule has 0 bridgehead atoms. The molecule has 0 aliphatic heterocycles. The van der Waals surface area contributed by atoms with Gasteiger partial charge in [-0.25, -0.2) is 0 Å². The standard InChI is InChI=1S/C28H38N4OS/c1-4-22-13-14-26-24(19-22)20-25(27(33)30-26)21-32(18-10-17-31(5-2)6-3)28(34)29-16-15-23-11-8-7-9-12-23/h7-9,11-14,19-20H,4-6,10,15-18,21H2,1-3H3,(H,29,34)(H,30,33). The van der Waals surface area contributed by atoms with Gasteiger partial charge in [0.25, 0.3) is 5.56 Å². The Hall–Kier alpha value is -2.70. The van der Waals surface area contributed by atoms with Crippen molar-refractivity contribution >= 4 is 28.2 Å². The van der Waals surface area contributed by atoms with Gasteiger partial charge in [0.05, 0.1) is 6.54 Å². The fourth-order valence-corrected chi connectivity index (χ4v) is 4.45. The van der Waals surface area contributed by atoms with Gasteiger partial charge in [-0.2, -0.15) is 0 Å². The molecule has 0 amide bonds. The molecule has 0 atom stereocenters. The minimum absolute atomic E-state index is 0.0439. The zero-order valence-corrected chi connectivity index (χ0v) is 21.6. The predicted molar refractivity (Wildman–Crippen MR) is 148 cm³/mol. The summed E-state index contributed by atoms with van der Waals surface area (Å²) < 4.78 is 0. The van der Waals surface area contributed by atoms with Crippen molar-refractivity contribution in [1.29, 1.82) is 0 Å². The highest BCUT2D eigenvalue weighted by Crippen LogP contribution is 2.15. The molecule has 0 unspecified atom stereocenters. The van der Waals surface area contributed by atoms with Crippen LogP contribution in [-0.4, -0.2) is 52.6 Å². The zero-order chi connectivity index (χ0) is 24.3. The number of hydrogen-bond acceptors (Lipinski definition) is 3. The summed E-state index contributed by atoms with van der Waals surface area (Å²) in [7, 11) is 0. The molecule has 2 N–H and O–H groups in total. The Balaban J connectivity index is 1.73. The summed E-state index contributed by atoms with van der Waals surface area (Å²) in [6, 6.07) is 18.7. The highest BCUT2D eigenvalue weighted by molar-refractivity contribution is 7.80. The Morgan fingerprint density at radius 1 is 0.971 bits per heavy atom. The number of hydrogen-bond donors (Lipinski definition) is 2. The van der Waals surface area contributed by atoms with Crippen LogP contribution in [0.4, 0.5) is 0 Å². The fourth-order valence-electron chi connectivity index (χ4n) is 4.19. The Labute approximate surface area is 209 Å². The molecule has 0 saturated carbocycles. The van der Waals surface area contributed by atoms with E-state index in [-0.39, 0.29) is 5.56 Å².